The van der Waals surface area contributed by atoms with Gasteiger partial charge in [0, 0.05) is 17.3 Å². The molecule has 0 aliphatic heterocycles. The number of benzene rings is 2. The molecule has 0 aliphatic rings. The molecule has 0 bridgehead atoms. The second-order valence-corrected chi connectivity index (χ2v) is 5.39. The number of rotatable bonds is 3. The number of hydrogen-bond donors (Lipinski definition) is 1. The first kappa shape index (κ1) is 15.7. The number of anilines is 1. The topological polar surface area (TPSA) is 12.0 Å². The van der Waals surface area contributed by atoms with Gasteiger partial charge in [-0.2, -0.15) is 13.2 Å². The van der Waals surface area contributed by atoms with Crippen molar-refractivity contribution in [1.82, 2.24) is 0 Å². The molecule has 0 radical (unpaired) electrons. The van der Waals surface area contributed by atoms with Crippen LogP contribution in [0.3, 0.4) is 0 Å². The van der Waals surface area contributed by atoms with Crippen molar-refractivity contribution in [1.29, 1.82) is 0 Å². The van der Waals surface area contributed by atoms with E-state index in [1.807, 2.05) is 32.0 Å². The van der Waals surface area contributed by atoms with Gasteiger partial charge in [0.15, 0.2) is 0 Å². The Hall–Kier alpha value is -1.68. The predicted molar refractivity (Wildman–Crippen MR) is 79.7 cm³/mol. The lowest BCUT2D eigenvalue weighted by atomic mass is 10.0. The van der Waals surface area contributed by atoms with Gasteiger partial charge in [0.05, 0.1) is 5.56 Å². The van der Waals surface area contributed by atoms with Crippen molar-refractivity contribution in [2.45, 2.75) is 26.6 Å². The van der Waals surface area contributed by atoms with Crippen LogP contribution >= 0.6 is 11.6 Å². The smallest absolute Gasteiger partial charge is 0.381 e. The summed E-state index contributed by atoms with van der Waals surface area (Å²) in [7, 11) is 0. The zero-order valence-corrected chi connectivity index (χ0v) is 12.4. The summed E-state index contributed by atoms with van der Waals surface area (Å²) in [5.74, 6) is 0. The molecule has 0 amide bonds. The van der Waals surface area contributed by atoms with Crippen LogP contribution in [0.5, 0.6) is 0 Å². The van der Waals surface area contributed by atoms with Crippen molar-refractivity contribution in [3.8, 4) is 0 Å². The molecule has 0 saturated carbocycles. The third kappa shape index (κ3) is 3.91. The summed E-state index contributed by atoms with van der Waals surface area (Å²) in [6.45, 7) is 4.41. The summed E-state index contributed by atoms with van der Waals surface area (Å²) < 4.78 is 38.3. The molecule has 2 aromatic carbocycles. The van der Waals surface area contributed by atoms with Gasteiger partial charge in [-0.3, -0.25) is 0 Å². The lowest BCUT2D eigenvalue weighted by Crippen LogP contribution is -2.07. The molecular weight excluding hydrogens is 299 g/mol. The average Bonchev–Trinajstić information content (AvgIpc) is 2.36. The van der Waals surface area contributed by atoms with Crippen molar-refractivity contribution in [2.75, 3.05) is 5.32 Å². The third-order valence-electron chi connectivity index (χ3n) is 3.34. The molecule has 21 heavy (non-hydrogen) atoms. The fraction of sp³-hybridized carbons (Fsp3) is 0.250. The van der Waals surface area contributed by atoms with E-state index in [0.717, 1.165) is 28.8 Å². The standard InChI is InChI=1S/C16H15ClF3N/c1-10-4-3-5-11(2)15(10)9-21-14-7-12(16(18,19)20)6-13(17)8-14/h3-8,21H,9H2,1-2H3. The van der Waals surface area contributed by atoms with Gasteiger partial charge in [-0.15, -0.1) is 0 Å². The first-order valence-corrected chi connectivity index (χ1v) is 6.82. The van der Waals surface area contributed by atoms with Crippen molar-refractivity contribution in [3.05, 3.63) is 63.7 Å². The summed E-state index contributed by atoms with van der Waals surface area (Å²) in [6, 6.07) is 9.39. The Kier molecular flexibility index (Phi) is 4.47. The number of aryl methyl sites for hydroxylation is 2. The highest BCUT2D eigenvalue weighted by atomic mass is 35.5. The highest BCUT2D eigenvalue weighted by molar-refractivity contribution is 6.30. The van der Waals surface area contributed by atoms with E-state index in [9.17, 15) is 13.2 Å². The van der Waals surface area contributed by atoms with Gasteiger partial charge in [0.2, 0.25) is 0 Å². The van der Waals surface area contributed by atoms with Crippen molar-refractivity contribution < 1.29 is 13.2 Å². The summed E-state index contributed by atoms with van der Waals surface area (Å²) in [5.41, 5.74) is 2.88. The van der Waals surface area contributed by atoms with Gasteiger partial charge in [0.25, 0.3) is 0 Å². The number of alkyl halides is 3. The molecule has 0 fully saturated rings. The maximum atomic E-state index is 12.8. The maximum Gasteiger partial charge on any atom is 0.416 e. The SMILES string of the molecule is Cc1cccc(C)c1CNc1cc(Cl)cc(C(F)(F)F)c1. The highest BCUT2D eigenvalue weighted by Gasteiger charge is 2.31. The van der Waals surface area contributed by atoms with Crippen LogP contribution in [0.1, 0.15) is 22.3 Å². The van der Waals surface area contributed by atoms with Gasteiger partial charge in [0.1, 0.15) is 0 Å². The van der Waals surface area contributed by atoms with E-state index in [1.54, 1.807) is 0 Å². The number of hydrogen-bond acceptors (Lipinski definition) is 1. The first-order valence-electron chi connectivity index (χ1n) is 6.44. The van der Waals surface area contributed by atoms with Crippen LogP contribution < -0.4 is 5.32 Å². The van der Waals surface area contributed by atoms with E-state index >= 15 is 0 Å². The molecule has 0 atom stereocenters. The minimum absolute atomic E-state index is 0.0637. The van der Waals surface area contributed by atoms with Gasteiger partial charge >= 0.3 is 6.18 Å². The van der Waals surface area contributed by atoms with Crippen LogP contribution in [0.15, 0.2) is 36.4 Å². The monoisotopic (exact) mass is 313 g/mol. The van der Waals surface area contributed by atoms with Gasteiger partial charge in [-0.1, -0.05) is 29.8 Å². The number of nitrogens with one attached hydrogen (secondary N) is 1. The zero-order valence-electron chi connectivity index (χ0n) is 11.7. The molecule has 0 aromatic heterocycles. The Balaban J connectivity index is 2.23. The maximum absolute atomic E-state index is 12.8. The Morgan fingerprint density at radius 3 is 2.24 bits per heavy atom. The van der Waals surface area contributed by atoms with E-state index in [-0.39, 0.29) is 5.02 Å². The lowest BCUT2D eigenvalue weighted by molar-refractivity contribution is -0.137. The fourth-order valence-corrected chi connectivity index (χ4v) is 2.41. The van der Waals surface area contributed by atoms with Crippen LogP contribution in [-0.4, -0.2) is 0 Å². The predicted octanol–water partition coefficient (Wildman–Crippen LogP) is 5.59. The van der Waals surface area contributed by atoms with E-state index in [0.29, 0.717) is 12.2 Å². The summed E-state index contributed by atoms with van der Waals surface area (Å²) in [4.78, 5) is 0. The van der Waals surface area contributed by atoms with Crippen LogP contribution in [0.25, 0.3) is 0 Å². The van der Waals surface area contributed by atoms with Crippen LogP contribution in [0.2, 0.25) is 5.02 Å². The van der Waals surface area contributed by atoms with Crippen LogP contribution in [-0.2, 0) is 12.7 Å². The first-order chi connectivity index (χ1) is 9.77. The molecule has 5 heteroatoms. The van der Waals surface area contributed by atoms with Crippen molar-refractivity contribution in [2.24, 2.45) is 0 Å². The molecular formula is C16H15ClF3N. The zero-order chi connectivity index (χ0) is 15.6. The quantitative estimate of drug-likeness (QED) is 0.779. The van der Waals surface area contributed by atoms with Crippen molar-refractivity contribution in [3.63, 3.8) is 0 Å². The van der Waals surface area contributed by atoms with E-state index in [2.05, 4.69) is 5.32 Å². The third-order valence-corrected chi connectivity index (χ3v) is 3.56. The molecule has 0 unspecified atom stereocenters. The molecule has 0 spiro atoms. The van der Waals surface area contributed by atoms with Gasteiger partial charge < -0.3 is 5.32 Å². The molecule has 0 saturated heterocycles. The van der Waals surface area contributed by atoms with Crippen LogP contribution in [0.4, 0.5) is 18.9 Å². The van der Waals surface area contributed by atoms with Crippen LogP contribution in [0, 0.1) is 13.8 Å². The fourth-order valence-electron chi connectivity index (χ4n) is 2.17. The molecule has 2 aromatic rings. The summed E-state index contributed by atoms with van der Waals surface area (Å²) >= 11 is 5.76. The summed E-state index contributed by atoms with van der Waals surface area (Å²) in [5, 5.41) is 3.08. The van der Waals surface area contributed by atoms with Crippen molar-refractivity contribution >= 4 is 17.3 Å². The normalized spacial score (nSPS) is 11.5. The Morgan fingerprint density at radius 1 is 1.05 bits per heavy atom. The molecule has 2 rings (SSSR count). The van der Waals surface area contributed by atoms with E-state index in [1.165, 1.54) is 6.07 Å². The molecule has 112 valence electrons. The largest absolute Gasteiger partial charge is 0.416 e. The number of halogens is 4. The molecule has 0 heterocycles. The minimum atomic E-state index is -4.40. The van der Waals surface area contributed by atoms with E-state index in [4.69, 9.17) is 11.6 Å². The van der Waals surface area contributed by atoms with E-state index < -0.39 is 11.7 Å². The average molecular weight is 314 g/mol. The van der Waals surface area contributed by atoms with Gasteiger partial charge in [-0.05, 0) is 48.7 Å². The second kappa shape index (κ2) is 5.98. The lowest BCUT2D eigenvalue weighted by Gasteiger charge is -2.14. The molecule has 0 aliphatic carbocycles. The molecule has 1 N–H and O–H groups in total. The Labute approximate surface area is 126 Å². The van der Waals surface area contributed by atoms with Gasteiger partial charge in [-0.25, -0.2) is 0 Å². The molecule has 1 nitrogen and oxygen atoms in total. The Morgan fingerprint density at radius 2 is 1.67 bits per heavy atom. The summed E-state index contributed by atoms with van der Waals surface area (Å²) in [6.07, 6.45) is -4.40. The minimum Gasteiger partial charge on any atom is -0.381 e. The second-order valence-electron chi connectivity index (χ2n) is 4.95. The Bertz CT molecular complexity index is 630. The highest BCUT2D eigenvalue weighted by Crippen LogP contribution is 2.33.